The van der Waals surface area contributed by atoms with E-state index in [1.807, 2.05) is 6.92 Å². The van der Waals surface area contributed by atoms with Gasteiger partial charge in [-0.3, -0.25) is 4.72 Å². The van der Waals surface area contributed by atoms with Gasteiger partial charge in [-0.15, -0.1) is 0 Å². The summed E-state index contributed by atoms with van der Waals surface area (Å²) in [6, 6.07) is 8.76. The molecule has 0 atom stereocenters. The van der Waals surface area contributed by atoms with E-state index in [1.165, 1.54) is 38.4 Å². The van der Waals surface area contributed by atoms with E-state index in [1.54, 1.807) is 19.1 Å². The molecular weight excluding hydrogens is 434 g/mol. The Bertz CT molecular complexity index is 1080. The van der Waals surface area contributed by atoms with Gasteiger partial charge in [-0.05, 0) is 49.2 Å². The Morgan fingerprint density at radius 2 is 1.62 bits per heavy atom. The van der Waals surface area contributed by atoms with Gasteiger partial charge in [-0.1, -0.05) is 31.0 Å². The van der Waals surface area contributed by atoms with Crippen molar-refractivity contribution in [1.82, 2.24) is 4.31 Å². The van der Waals surface area contributed by atoms with Crippen LogP contribution in [-0.4, -0.2) is 41.8 Å². The Labute approximate surface area is 178 Å². The summed E-state index contributed by atoms with van der Waals surface area (Å²) in [6.45, 7) is 4.44. The highest BCUT2D eigenvalue weighted by Crippen LogP contribution is 2.30. The first-order valence-corrected chi connectivity index (χ1v) is 12.4. The first kappa shape index (κ1) is 23.5. The lowest BCUT2D eigenvalue weighted by Crippen LogP contribution is -2.23. The minimum Gasteiger partial charge on any atom is -0.383 e. The van der Waals surface area contributed by atoms with Crippen LogP contribution >= 0.6 is 11.6 Å². The number of nitrogens with zero attached hydrogens (tertiary/aromatic N) is 1. The summed E-state index contributed by atoms with van der Waals surface area (Å²) in [5, 5.41) is 3.49. The number of aryl methyl sites for hydroxylation is 1. The summed E-state index contributed by atoms with van der Waals surface area (Å²) in [7, 11) is -4.86. The summed E-state index contributed by atoms with van der Waals surface area (Å²) in [4.78, 5) is -0.0170. The molecule has 2 rings (SSSR count). The molecule has 0 saturated heterocycles. The lowest BCUT2D eigenvalue weighted by atomic mass is 10.2. The second-order valence-electron chi connectivity index (χ2n) is 6.79. The monoisotopic (exact) mass is 459 g/mol. The number of rotatable bonds is 9. The van der Waals surface area contributed by atoms with E-state index in [0.29, 0.717) is 17.3 Å². The van der Waals surface area contributed by atoms with Crippen molar-refractivity contribution in [2.75, 3.05) is 30.7 Å². The molecule has 0 aliphatic rings. The Hall–Kier alpha value is -1.81. The molecule has 29 heavy (non-hydrogen) atoms. The van der Waals surface area contributed by atoms with Crippen molar-refractivity contribution >= 4 is 43.0 Å². The maximum atomic E-state index is 12.9. The average molecular weight is 460 g/mol. The summed E-state index contributed by atoms with van der Waals surface area (Å²) in [5.74, 6) is 0. The van der Waals surface area contributed by atoms with Crippen molar-refractivity contribution in [3.8, 4) is 0 Å². The van der Waals surface area contributed by atoms with Crippen molar-refractivity contribution in [2.45, 2.75) is 36.5 Å². The number of anilines is 2. The summed E-state index contributed by atoms with van der Waals surface area (Å²) < 4.78 is 54.3. The first-order chi connectivity index (χ1) is 13.5. The van der Waals surface area contributed by atoms with Crippen LogP contribution in [0.4, 0.5) is 11.4 Å². The average Bonchev–Trinajstić information content (AvgIpc) is 2.64. The van der Waals surface area contributed by atoms with Crippen LogP contribution in [0, 0.1) is 6.92 Å². The molecular formula is C19H26ClN3O4S2. The predicted molar refractivity (Wildman–Crippen MR) is 118 cm³/mol. The molecule has 0 bridgehead atoms. The van der Waals surface area contributed by atoms with Gasteiger partial charge in [-0.2, -0.15) is 0 Å². The quantitative estimate of drug-likeness (QED) is 0.554. The third-order valence-corrected chi connectivity index (χ3v) is 7.89. The highest BCUT2D eigenvalue weighted by atomic mass is 35.5. The van der Waals surface area contributed by atoms with Crippen LogP contribution in [0.1, 0.15) is 25.3 Å². The van der Waals surface area contributed by atoms with Crippen LogP contribution in [0.2, 0.25) is 5.02 Å². The number of hydrogen-bond donors (Lipinski definition) is 2. The molecule has 0 amide bonds. The topological polar surface area (TPSA) is 95.6 Å². The normalized spacial score (nSPS) is 12.2. The zero-order chi connectivity index (χ0) is 21.8. The number of hydrogen-bond acceptors (Lipinski definition) is 5. The highest BCUT2D eigenvalue weighted by molar-refractivity contribution is 7.92. The maximum absolute atomic E-state index is 12.9. The van der Waals surface area contributed by atoms with Gasteiger partial charge in [-0.25, -0.2) is 21.1 Å². The van der Waals surface area contributed by atoms with Crippen molar-refractivity contribution < 1.29 is 16.8 Å². The summed E-state index contributed by atoms with van der Waals surface area (Å²) in [6.07, 6.45) is 1.85. The molecule has 0 aliphatic heterocycles. The van der Waals surface area contributed by atoms with Crippen LogP contribution in [-0.2, 0) is 20.0 Å². The highest BCUT2D eigenvalue weighted by Gasteiger charge is 2.22. The van der Waals surface area contributed by atoms with Crippen molar-refractivity contribution in [2.24, 2.45) is 0 Å². The second-order valence-corrected chi connectivity index (χ2v) is 11.0. The van der Waals surface area contributed by atoms with Gasteiger partial charge in [0.1, 0.15) is 0 Å². The fourth-order valence-electron chi connectivity index (χ4n) is 2.48. The fraction of sp³-hybridized carbons (Fsp3) is 0.368. The lowest BCUT2D eigenvalue weighted by molar-refractivity contribution is 0.521. The molecule has 7 nitrogen and oxygen atoms in total. The zero-order valence-corrected chi connectivity index (χ0v) is 19.2. The molecule has 2 aromatic carbocycles. The molecule has 0 spiro atoms. The minimum absolute atomic E-state index is 0.00604. The zero-order valence-electron chi connectivity index (χ0n) is 16.9. The van der Waals surface area contributed by atoms with E-state index in [-0.39, 0.29) is 15.5 Å². The van der Waals surface area contributed by atoms with E-state index in [9.17, 15) is 16.8 Å². The second kappa shape index (κ2) is 9.34. The van der Waals surface area contributed by atoms with Gasteiger partial charge in [0.25, 0.3) is 10.0 Å². The molecule has 0 aliphatic carbocycles. The fourth-order valence-corrected chi connectivity index (χ4v) is 4.75. The molecule has 2 aromatic rings. The van der Waals surface area contributed by atoms with Gasteiger partial charge < -0.3 is 5.32 Å². The van der Waals surface area contributed by atoms with Crippen molar-refractivity contribution in [1.29, 1.82) is 0 Å². The van der Waals surface area contributed by atoms with Gasteiger partial charge in [0.2, 0.25) is 10.0 Å². The summed E-state index contributed by atoms with van der Waals surface area (Å²) >= 11 is 6.07. The molecule has 0 fully saturated rings. The summed E-state index contributed by atoms with van der Waals surface area (Å²) in [5.41, 5.74) is 1.41. The number of halogens is 1. The third-order valence-electron chi connectivity index (χ3n) is 4.31. The largest absolute Gasteiger partial charge is 0.383 e. The molecule has 160 valence electrons. The standard InChI is InChI=1S/C19H26ClN3O4S2/c1-5-6-11-21-18-10-9-16(29(26,27)23(3)4)13-19(18)22-28(24,25)15-8-7-14(2)17(20)12-15/h7-10,12-13,21-22H,5-6,11H2,1-4H3. The number of nitrogens with one attached hydrogen (secondary N) is 2. The molecule has 0 saturated carbocycles. The molecule has 10 heteroatoms. The van der Waals surface area contributed by atoms with E-state index in [0.717, 1.165) is 22.7 Å². The molecule has 0 heterocycles. The van der Waals surface area contributed by atoms with Crippen LogP contribution in [0.5, 0.6) is 0 Å². The lowest BCUT2D eigenvalue weighted by Gasteiger charge is -2.17. The van der Waals surface area contributed by atoms with Gasteiger partial charge in [0.15, 0.2) is 0 Å². The number of unbranched alkanes of at least 4 members (excludes halogenated alkanes) is 1. The third kappa shape index (κ3) is 5.63. The van der Waals surface area contributed by atoms with E-state index in [4.69, 9.17) is 11.6 Å². The van der Waals surface area contributed by atoms with E-state index in [2.05, 4.69) is 10.0 Å². The number of benzene rings is 2. The van der Waals surface area contributed by atoms with Crippen molar-refractivity contribution in [3.63, 3.8) is 0 Å². The SMILES string of the molecule is CCCCNc1ccc(S(=O)(=O)N(C)C)cc1NS(=O)(=O)c1ccc(C)c(Cl)c1. The van der Waals surface area contributed by atoms with Gasteiger partial charge in [0, 0.05) is 25.7 Å². The Morgan fingerprint density at radius 1 is 0.966 bits per heavy atom. The van der Waals surface area contributed by atoms with Crippen LogP contribution in [0.3, 0.4) is 0 Å². The Morgan fingerprint density at radius 3 is 2.21 bits per heavy atom. The van der Waals surface area contributed by atoms with Crippen LogP contribution < -0.4 is 10.0 Å². The molecule has 0 aromatic heterocycles. The molecule has 0 unspecified atom stereocenters. The Balaban J connectivity index is 2.49. The predicted octanol–water partition coefficient (Wildman–Crippen LogP) is 3.91. The maximum Gasteiger partial charge on any atom is 0.262 e. The molecule has 2 N–H and O–H groups in total. The first-order valence-electron chi connectivity index (χ1n) is 9.08. The van der Waals surface area contributed by atoms with Crippen molar-refractivity contribution in [3.05, 3.63) is 47.0 Å². The van der Waals surface area contributed by atoms with Gasteiger partial charge in [0.05, 0.1) is 21.2 Å². The Kier molecular flexibility index (Phi) is 7.56. The van der Waals surface area contributed by atoms with Crippen LogP contribution in [0.15, 0.2) is 46.2 Å². The van der Waals surface area contributed by atoms with E-state index >= 15 is 0 Å². The van der Waals surface area contributed by atoms with Gasteiger partial charge >= 0.3 is 0 Å². The van der Waals surface area contributed by atoms with Crippen LogP contribution in [0.25, 0.3) is 0 Å². The van der Waals surface area contributed by atoms with E-state index < -0.39 is 20.0 Å². The minimum atomic E-state index is -3.97. The smallest absolute Gasteiger partial charge is 0.262 e. The molecule has 0 radical (unpaired) electrons. The number of sulfonamides is 2.